The van der Waals surface area contributed by atoms with Gasteiger partial charge in [-0.25, -0.2) is 0 Å². The summed E-state index contributed by atoms with van der Waals surface area (Å²) in [5.74, 6) is 0.688. The van der Waals surface area contributed by atoms with Crippen LogP contribution in [0, 0.1) is 0 Å². The smallest absolute Gasteiger partial charge is 0.226 e. The third-order valence-corrected chi connectivity index (χ3v) is 2.05. The lowest BCUT2D eigenvalue weighted by Crippen LogP contribution is -2.01. The Morgan fingerprint density at radius 1 is 1.42 bits per heavy atom. The number of hydrogen-bond donors (Lipinski definition) is 0. The molecular formula is C9H9ClO2. The van der Waals surface area contributed by atoms with E-state index in [-0.39, 0.29) is 12.4 Å². The number of para-hydroxylation sites is 1. The van der Waals surface area contributed by atoms with Gasteiger partial charge in [0.2, 0.25) is 6.29 Å². The molecule has 0 aliphatic carbocycles. The number of hydrogen-bond acceptors (Lipinski definition) is 2. The fourth-order valence-corrected chi connectivity index (χ4v) is 1.14. The first-order chi connectivity index (χ1) is 5.77. The molecule has 1 fully saturated rings. The van der Waals surface area contributed by atoms with Crippen molar-refractivity contribution >= 4 is 11.6 Å². The van der Waals surface area contributed by atoms with Gasteiger partial charge in [-0.1, -0.05) is 23.7 Å². The Morgan fingerprint density at radius 3 is 2.67 bits per heavy atom. The van der Waals surface area contributed by atoms with Crippen molar-refractivity contribution in [2.45, 2.75) is 19.3 Å². The van der Waals surface area contributed by atoms with E-state index in [9.17, 15) is 0 Å². The summed E-state index contributed by atoms with van der Waals surface area (Å²) < 4.78 is 10.5. The summed E-state index contributed by atoms with van der Waals surface area (Å²) >= 11 is 5.86. The minimum absolute atomic E-state index is 0.107. The molecule has 0 N–H and O–H groups in total. The SMILES string of the molecule is CC1OC1Oc1ccccc1Cl. The number of benzene rings is 1. The van der Waals surface area contributed by atoms with Gasteiger partial charge in [0.25, 0.3) is 0 Å². The highest BCUT2D eigenvalue weighted by atomic mass is 35.5. The van der Waals surface area contributed by atoms with Crippen LogP contribution in [0.2, 0.25) is 5.02 Å². The summed E-state index contributed by atoms with van der Waals surface area (Å²) in [7, 11) is 0. The van der Waals surface area contributed by atoms with Crippen molar-refractivity contribution in [3.8, 4) is 5.75 Å². The van der Waals surface area contributed by atoms with E-state index < -0.39 is 0 Å². The Balaban J connectivity index is 2.08. The van der Waals surface area contributed by atoms with Gasteiger partial charge in [0.1, 0.15) is 11.9 Å². The van der Waals surface area contributed by atoms with E-state index >= 15 is 0 Å². The van der Waals surface area contributed by atoms with E-state index in [1.807, 2.05) is 25.1 Å². The van der Waals surface area contributed by atoms with Crippen molar-refractivity contribution in [3.05, 3.63) is 29.3 Å². The third-order valence-electron chi connectivity index (χ3n) is 1.74. The Labute approximate surface area is 76.1 Å². The molecular weight excluding hydrogens is 176 g/mol. The lowest BCUT2D eigenvalue weighted by atomic mass is 10.3. The quantitative estimate of drug-likeness (QED) is 0.659. The first-order valence-corrected chi connectivity index (χ1v) is 4.22. The van der Waals surface area contributed by atoms with Crippen molar-refractivity contribution in [1.82, 2.24) is 0 Å². The second kappa shape index (κ2) is 2.96. The second-order valence-corrected chi connectivity index (χ2v) is 3.17. The topological polar surface area (TPSA) is 21.8 Å². The predicted octanol–water partition coefficient (Wildman–Crippen LogP) is 2.46. The molecule has 1 saturated heterocycles. The monoisotopic (exact) mass is 184 g/mol. The summed E-state index contributed by atoms with van der Waals surface area (Å²) in [4.78, 5) is 0. The van der Waals surface area contributed by atoms with Crippen molar-refractivity contribution < 1.29 is 9.47 Å². The summed E-state index contributed by atoms with van der Waals surface area (Å²) in [5, 5.41) is 0.625. The number of rotatable bonds is 2. The van der Waals surface area contributed by atoms with Crippen LogP contribution < -0.4 is 4.74 Å². The Bertz CT molecular complexity index is 288. The van der Waals surface area contributed by atoms with Gasteiger partial charge in [-0.15, -0.1) is 0 Å². The zero-order valence-corrected chi connectivity index (χ0v) is 7.41. The largest absolute Gasteiger partial charge is 0.461 e. The molecule has 0 aromatic heterocycles. The minimum atomic E-state index is -0.107. The van der Waals surface area contributed by atoms with E-state index in [1.165, 1.54) is 0 Å². The summed E-state index contributed by atoms with van der Waals surface area (Å²) in [6, 6.07) is 7.38. The molecule has 1 heterocycles. The summed E-state index contributed by atoms with van der Waals surface area (Å²) in [5.41, 5.74) is 0. The van der Waals surface area contributed by atoms with Crippen molar-refractivity contribution in [2.75, 3.05) is 0 Å². The van der Waals surface area contributed by atoms with Crippen LogP contribution in [-0.2, 0) is 4.74 Å². The molecule has 0 bridgehead atoms. The Hall–Kier alpha value is -0.730. The van der Waals surface area contributed by atoms with Crippen LogP contribution >= 0.6 is 11.6 Å². The van der Waals surface area contributed by atoms with Gasteiger partial charge in [0.05, 0.1) is 5.02 Å². The first kappa shape index (κ1) is 7.90. The maximum absolute atomic E-state index is 5.86. The second-order valence-electron chi connectivity index (χ2n) is 2.76. The van der Waals surface area contributed by atoms with E-state index in [0.717, 1.165) is 0 Å². The molecule has 1 aliphatic rings. The van der Waals surface area contributed by atoms with Gasteiger partial charge in [-0.3, -0.25) is 0 Å². The fraction of sp³-hybridized carbons (Fsp3) is 0.333. The lowest BCUT2D eigenvalue weighted by molar-refractivity contribution is 0.179. The van der Waals surface area contributed by atoms with E-state index in [2.05, 4.69) is 0 Å². The Kier molecular flexibility index (Phi) is 1.95. The average Bonchev–Trinajstić information content (AvgIpc) is 2.72. The van der Waals surface area contributed by atoms with Crippen molar-refractivity contribution in [2.24, 2.45) is 0 Å². The number of halogens is 1. The van der Waals surface area contributed by atoms with Crippen molar-refractivity contribution in [1.29, 1.82) is 0 Å². The summed E-state index contributed by atoms with van der Waals surface area (Å²) in [6.07, 6.45) is 0.0890. The lowest BCUT2D eigenvalue weighted by Gasteiger charge is -2.03. The molecule has 2 unspecified atom stereocenters. The highest BCUT2D eigenvalue weighted by molar-refractivity contribution is 6.32. The van der Waals surface area contributed by atoms with Crippen LogP contribution in [0.5, 0.6) is 5.75 Å². The van der Waals surface area contributed by atoms with Crippen LogP contribution in [0.3, 0.4) is 0 Å². The van der Waals surface area contributed by atoms with Gasteiger partial charge >= 0.3 is 0 Å². The first-order valence-electron chi connectivity index (χ1n) is 3.84. The minimum Gasteiger partial charge on any atom is -0.461 e. The molecule has 2 atom stereocenters. The van der Waals surface area contributed by atoms with E-state index in [0.29, 0.717) is 10.8 Å². The van der Waals surface area contributed by atoms with Crippen LogP contribution in [0.4, 0.5) is 0 Å². The average molecular weight is 185 g/mol. The van der Waals surface area contributed by atoms with E-state index in [4.69, 9.17) is 21.1 Å². The molecule has 0 radical (unpaired) electrons. The molecule has 2 rings (SSSR count). The normalized spacial score (nSPS) is 26.8. The molecule has 1 aromatic carbocycles. The van der Waals surface area contributed by atoms with Gasteiger partial charge in [-0.2, -0.15) is 0 Å². The maximum Gasteiger partial charge on any atom is 0.226 e. The van der Waals surface area contributed by atoms with Crippen LogP contribution in [0.1, 0.15) is 6.92 Å². The molecule has 12 heavy (non-hydrogen) atoms. The van der Waals surface area contributed by atoms with Crippen molar-refractivity contribution in [3.63, 3.8) is 0 Å². The molecule has 0 amide bonds. The molecule has 3 heteroatoms. The molecule has 0 saturated carbocycles. The number of epoxide rings is 1. The number of ether oxygens (including phenoxy) is 2. The molecule has 1 aliphatic heterocycles. The summed E-state index contributed by atoms with van der Waals surface area (Å²) in [6.45, 7) is 1.96. The zero-order valence-electron chi connectivity index (χ0n) is 6.66. The maximum atomic E-state index is 5.86. The fourth-order valence-electron chi connectivity index (χ4n) is 0.955. The molecule has 64 valence electrons. The van der Waals surface area contributed by atoms with Gasteiger partial charge in [0.15, 0.2) is 0 Å². The van der Waals surface area contributed by atoms with Gasteiger partial charge in [0, 0.05) is 0 Å². The zero-order chi connectivity index (χ0) is 8.55. The van der Waals surface area contributed by atoms with Crippen LogP contribution in [0.15, 0.2) is 24.3 Å². The molecule has 2 nitrogen and oxygen atoms in total. The van der Waals surface area contributed by atoms with Gasteiger partial charge < -0.3 is 9.47 Å². The van der Waals surface area contributed by atoms with Crippen LogP contribution in [0.25, 0.3) is 0 Å². The Morgan fingerprint density at radius 2 is 2.08 bits per heavy atom. The van der Waals surface area contributed by atoms with Gasteiger partial charge in [-0.05, 0) is 19.1 Å². The third kappa shape index (κ3) is 1.54. The molecule has 0 spiro atoms. The van der Waals surface area contributed by atoms with Crippen LogP contribution in [-0.4, -0.2) is 12.4 Å². The highest BCUT2D eigenvalue weighted by Gasteiger charge is 2.37. The predicted molar refractivity (Wildman–Crippen MR) is 46.4 cm³/mol. The highest BCUT2D eigenvalue weighted by Crippen LogP contribution is 2.30. The van der Waals surface area contributed by atoms with E-state index in [1.54, 1.807) is 6.07 Å². The standard InChI is InChI=1S/C9H9ClO2/c1-6-9(11-6)12-8-5-3-2-4-7(8)10/h2-6,9H,1H3. The molecule has 1 aromatic rings.